The molecule has 0 radical (unpaired) electrons. The molecule has 0 saturated carbocycles. The number of aromatic nitrogens is 2. The summed E-state index contributed by atoms with van der Waals surface area (Å²) in [7, 11) is 0. The van der Waals surface area contributed by atoms with Gasteiger partial charge in [0.2, 0.25) is 0 Å². The van der Waals surface area contributed by atoms with Crippen LogP contribution in [0.1, 0.15) is 19.2 Å². The molecule has 0 saturated heterocycles. The first-order valence-corrected chi connectivity index (χ1v) is 5.00. The van der Waals surface area contributed by atoms with Gasteiger partial charge in [-0.1, -0.05) is 24.2 Å². The van der Waals surface area contributed by atoms with Crippen LogP contribution in [0.25, 0.3) is 11.0 Å². The minimum Gasteiger partial charge on any atom is -0.396 e. The van der Waals surface area contributed by atoms with Gasteiger partial charge < -0.3 is 9.82 Å². The summed E-state index contributed by atoms with van der Waals surface area (Å²) in [6.07, 6.45) is 2.55. The molecule has 0 aliphatic carbocycles. The molecule has 4 nitrogen and oxygen atoms in total. The van der Waals surface area contributed by atoms with Crippen molar-refractivity contribution in [2.75, 3.05) is 6.61 Å². The van der Waals surface area contributed by atoms with Crippen molar-refractivity contribution in [3.8, 4) is 0 Å². The van der Waals surface area contributed by atoms with Crippen molar-refractivity contribution in [3.63, 3.8) is 0 Å². The third-order valence-electron chi connectivity index (χ3n) is 1.95. The molecule has 78 valence electrons. The van der Waals surface area contributed by atoms with Gasteiger partial charge in [-0.15, -0.1) is 0 Å². The maximum absolute atomic E-state index is 4.99. The Hall–Kier alpha value is -1.84. The monoisotopic (exact) mass is 203 g/mol. The van der Waals surface area contributed by atoms with Crippen LogP contribution in [0.2, 0.25) is 0 Å². The lowest BCUT2D eigenvalue weighted by Gasteiger charge is -1.91. The van der Waals surface area contributed by atoms with Crippen molar-refractivity contribution in [3.05, 3.63) is 30.1 Å². The molecule has 0 unspecified atom stereocenters. The Balaban J connectivity index is 2.12. The molecule has 0 aliphatic rings. The van der Waals surface area contributed by atoms with E-state index in [1.165, 1.54) is 0 Å². The van der Waals surface area contributed by atoms with Gasteiger partial charge in [0.1, 0.15) is 12.8 Å². The van der Waals surface area contributed by atoms with E-state index in [0.29, 0.717) is 12.4 Å². The first-order valence-electron chi connectivity index (χ1n) is 5.00. The highest BCUT2D eigenvalue weighted by atomic mass is 16.6. The first-order chi connectivity index (χ1) is 7.40. The summed E-state index contributed by atoms with van der Waals surface area (Å²) in [4.78, 5) is 12.4. The van der Waals surface area contributed by atoms with Crippen molar-refractivity contribution in [1.82, 2.24) is 9.97 Å². The fourth-order valence-corrected chi connectivity index (χ4v) is 1.26. The van der Waals surface area contributed by atoms with Crippen molar-refractivity contribution in [1.29, 1.82) is 0 Å². The molecule has 1 aromatic carbocycles. The molecule has 2 rings (SSSR count). The van der Waals surface area contributed by atoms with Crippen LogP contribution in [0.15, 0.2) is 29.4 Å². The number of nitrogens with one attached hydrogen (secondary N) is 1. The second-order valence-electron chi connectivity index (χ2n) is 3.21. The van der Waals surface area contributed by atoms with Gasteiger partial charge in [0.25, 0.3) is 0 Å². The van der Waals surface area contributed by atoms with Crippen LogP contribution in [0.5, 0.6) is 0 Å². The number of para-hydroxylation sites is 2. The predicted molar refractivity (Wildman–Crippen MR) is 59.9 cm³/mol. The molecule has 0 aliphatic heterocycles. The van der Waals surface area contributed by atoms with Gasteiger partial charge in [-0.25, -0.2) is 4.98 Å². The quantitative estimate of drug-likeness (QED) is 0.471. The van der Waals surface area contributed by atoms with E-state index in [0.717, 1.165) is 17.5 Å². The van der Waals surface area contributed by atoms with E-state index in [-0.39, 0.29) is 0 Å². The zero-order valence-corrected chi connectivity index (χ0v) is 8.60. The van der Waals surface area contributed by atoms with E-state index >= 15 is 0 Å². The predicted octanol–water partition coefficient (Wildman–Crippen LogP) is 2.32. The summed E-state index contributed by atoms with van der Waals surface area (Å²) in [6.45, 7) is 2.67. The van der Waals surface area contributed by atoms with E-state index in [1.54, 1.807) is 6.21 Å². The van der Waals surface area contributed by atoms with Crippen LogP contribution in [0, 0.1) is 0 Å². The number of H-pyrrole nitrogens is 1. The maximum Gasteiger partial charge on any atom is 0.153 e. The second-order valence-corrected chi connectivity index (χ2v) is 3.21. The largest absolute Gasteiger partial charge is 0.396 e. The first kappa shape index (κ1) is 9.71. The van der Waals surface area contributed by atoms with Crippen LogP contribution < -0.4 is 0 Å². The third-order valence-corrected chi connectivity index (χ3v) is 1.95. The average molecular weight is 203 g/mol. The van der Waals surface area contributed by atoms with Crippen LogP contribution in [-0.4, -0.2) is 22.8 Å². The topological polar surface area (TPSA) is 50.3 Å². The Morgan fingerprint density at radius 3 is 3.13 bits per heavy atom. The Bertz CT molecular complexity index is 429. The lowest BCUT2D eigenvalue weighted by Crippen LogP contribution is -1.88. The third kappa shape index (κ3) is 2.34. The van der Waals surface area contributed by atoms with Crippen molar-refractivity contribution < 1.29 is 4.84 Å². The minimum absolute atomic E-state index is 0.636. The SMILES string of the molecule is CCCON=Cc1nc2ccccc2[nH]1. The Morgan fingerprint density at radius 2 is 2.33 bits per heavy atom. The van der Waals surface area contributed by atoms with Gasteiger partial charge in [-0.05, 0) is 18.6 Å². The number of nitrogens with zero attached hydrogens (tertiary/aromatic N) is 2. The Morgan fingerprint density at radius 1 is 1.47 bits per heavy atom. The van der Waals surface area contributed by atoms with Crippen LogP contribution in [0.3, 0.4) is 0 Å². The summed E-state index contributed by atoms with van der Waals surface area (Å²) < 4.78 is 0. The molecule has 0 fully saturated rings. The summed E-state index contributed by atoms with van der Waals surface area (Å²) in [5.41, 5.74) is 1.95. The van der Waals surface area contributed by atoms with E-state index in [2.05, 4.69) is 15.1 Å². The van der Waals surface area contributed by atoms with E-state index in [4.69, 9.17) is 4.84 Å². The van der Waals surface area contributed by atoms with Gasteiger partial charge in [0, 0.05) is 0 Å². The highest BCUT2D eigenvalue weighted by Crippen LogP contribution is 2.08. The van der Waals surface area contributed by atoms with Gasteiger partial charge in [-0.2, -0.15) is 0 Å². The van der Waals surface area contributed by atoms with Crippen molar-refractivity contribution in [2.24, 2.45) is 5.16 Å². The highest BCUT2D eigenvalue weighted by Gasteiger charge is 1.98. The zero-order chi connectivity index (χ0) is 10.5. The normalized spacial score (nSPS) is 11.3. The van der Waals surface area contributed by atoms with Gasteiger partial charge >= 0.3 is 0 Å². The van der Waals surface area contributed by atoms with Gasteiger partial charge in [-0.3, -0.25) is 0 Å². The molecule has 0 spiro atoms. The van der Waals surface area contributed by atoms with Crippen LogP contribution >= 0.6 is 0 Å². The number of rotatable bonds is 4. The molecule has 2 aromatic rings. The number of hydrogen-bond acceptors (Lipinski definition) is 3. The Labute approximate surface area is 88.0 Å². The molecule has 0 atom stereocenters. The molecule has 4 heteroatoms. The molecular formula is C11H13N3O. The molecule has 1 N–H and O–H groups in total. The lowest BCUT2D eigenvalue weighted by atomic mass is 10.3. The number of aromatic amines is 1. The van der Waals surface area contributed by atoms with E-state index in [1.807, 2.05) is 31.2 Å². The number of benzene rings is 1. The summed E-state index contributed by atoms with van der Waals surface area (Å²) in [5.74, 6) is 0.715. The molecule has 1 aromatic heterocycles. The Kier molecular flexibility index (Phi) is 2.97. The second kappa shape index (κ2) is 4.59. The maximum atomic E-state index is 4.99. The minimum atomic E-state index is 0.636. The summed E-state index contributed by atoms with van der Waals surface area (Å²) in [6, 6.07) is 7.86. The standard InChI is InChI=1S/C11H13N3O/c1-2-7-15-12-8-11-13-9-5-3-4-6-10(9)14-11/h3-6,8H,2,7H2,1H3,(H,13,14). The van der Waals surface area contributed by atoms with E-state index < -0.39 is 0 Å². The van der Waals surface area contributed by atoms with E-state index in [9.17, 15) is 0 Å². The van der Waals surface area contributed by atoms with Gasteiger partial charge in [0.15, 0.2) is 5.82 Å². The number of hydrogen-bond donors (Lipinski definition) is 1. The molecule has 0 amide bonds. The molecule has 15 heavy (non-hydrogen) atoms. The fourth-order valence-electron chi connectivity index (χ4n) is 1.26. The average Bonchev–Trinajstić information content (AvgIpc) is 2.67. The smallest absolute Gasteiger partial charge is 0.153 e. The molecule has 1 heterocycles. The number of oxime groups is 1. The molecule has 0 bridgehead atoms. The highest BCUT2D eigenvalue weighted by molar-refractivity contribution is 5.83. The summed E-state index contributed by atoms with van der Waals surface area (Å²) >= 11 is 0. The number of imidazole rings is 1. The van der Waals surface area contributed by atoms with Crippen LogP contribution in [0.4, 0.5) is 0 Å². The number of fused-ring (bicyclic) bond motifs is 1. The van der Waals surface area contributed by atoms with Crippen molar-refractivity contribution >= 4 is 17.2 Å². The van der Waals surface area contributed by atoms with Gasteiger partial charge in [0.05, 0.1) is 11.0 Å². The zero-order valence-electron chi connectivity index (χ0n) is 8.60. The fraction of sp³-hybridized carbons (Fsp3) is 0.273. The summed E-state index contributed by atoms with van der Waals surface area (Å²) in [5, 5.41) is 3.81. The van der Waals surface area contributed by atoms with Crippen molar-refractivity contribution in [2.45, 2.75) is 13.3 Å². The van der Waals surface area contributed by atoms with Crippen LogP contribution in [-0.2, 0) is 4.84 Å². The lowest BCUT2D eigenvalue weighted by molar-refractivity contribution is 0.146. The molecular weight excluding hydrogens is 190 g/mol.